The summed E-state index contributed by atoms with van der Waals surface area (Å²) in [7, 11) is 1.49. The van der Waals surface area contributed by atoms with Crippen LogP contribution in [0.25, 0.3) is 22.2 Å². The minimum Gasteiger partial charge on any atom is -0.506 e. The van der Waals surface area contributed by atoms with Gasteiger partial charge in [0.05, 0.1) is 36.7 Å². The van der Waals surface area contributed by atoms with Gasteiger partial charge < -0.3 is 40.8 Å². The number of hydrogen-bond donors (Lipinski definition) is 7. The first-order chi connectivity index (χ1) is 25.1. The second kappa shape index (κ2) is 15.2. The number of fused-ring (bicyclic) bond motifs is 1. The van der Waals surface area contributed by atoms with Crippen molar-refractivity contribution in [1.82, 2.24) is 25.6 Å². The standard InChI is InChI=1S/C39H35N5O8/c1-52-33-19-24(10-11-25(33)20-40-22-32(46)28-12-14-31(45)36-29(28)13-15-34(47)44-36)37(48)43-21-30-35(42-17-16-41-30)23-6-5-9-27(18-23)39(51,38(49)50)26-7-3-2-4-8-26/h2-19,32,40,45-46,51H,20-22H2,1H3,(H,43,48)(H,44,47)(H,49,50). The number of carbonyl (C=O) groups is 2. The Morgan fingerprint density at radius 3 is 2.44 bits per heavy atom. The average molecular weight is 702 g/mol. The van der Waals surface area contributed by atoms with Gasteiger partial charge in [-0.25, -0.2) is 4.79 Å². The van der Waals surface area contributed by atoms with Crippen molar-refractivity contribution < 1.29 is 34.8 Å². The van der Waals surface area contributed by atoms with E-state index in [9.17, 15) is 34.8 Å². The van der Waals surface area contributed by atoms with Crippen LogP contribution in [0.4, 0.5) is 0 Å². The SMILES string of the molecule is COc1cc(C(=O)NCc2nccnc2-c2cccc(C(O)(C(=O)O)c3ccccc3)c2)ccc1CNCC(O)c1ccc(O)c2[nH]c(=O)ccc12. The number of nitrogens with one attached hydrogen (secondary N) is 3. The van der Waals surface area contributed by atoms with Crippen LogP contribution in [0.5, 0.6) is 11.5 Å². The number of hydrogen-bond acceptors (Lipinski definition) is 10. The summed E-state index contributed by atoms with van der Waals surface area (Å²) >= 11 is 0. The largest absolute Gasteiger partial charge is 0.506 e. The zero-order valence-corrected chi connectivity index (χ0v) is 27.9. The summed E-state index contributed by atoms with van der Waals surface area (Å²) in [6, 6.07) is 25.4. The fourth-order valence-corrected chi connectivity index (χ4v) is 6.02. The predicted octanol–water partition coefficient (Wildman–Crippen LogP) is 3.77. The maximum Gasteiger partial charge on any atom is 0.345 e. The third-order valence-electron chi connectivity index (χ3n) is 8.71. The lowest BCUT2D eigenvalue weighted by Crippen LogP contribution is -2.36. The molecule has 0 saturated carbocycles. The highest BCUT2D eigenvalue weighted by molar-refractivity contribution is 5.94. The average Bonchev–Trinajstić information content (AvgIpc) is 3.17. The topological polar surface area (TPSA) is 207 Å². The van der Waals surface area contributed by atoms with Crippen LogP contribution in [0.3, 0.4) is 0 Å². The number of carbonyl (C=O) groups excluding carboxylic acids is 1. The number of carboxylic acids is 1. The number of rotatable bonds is 13. The van der Waals surface area contributed by atoms with Gasteiger partial charge in [0.2, 0.25) is 11.2 Å². The maximum absolute atomic E-state index is 13.3. The summed E-state index contributed by atoms with van der Waals surface area (Å²) < 4.78 is 5.56. The molecule has 7 N–H and O–H groups in total. The lowest BCUT2D eigenvalue weighted by Gasteiger charge is -2.25. The number of amides is 1. The minimum absolute atomic E-state index is 0.00252. The third kappa shape index (κ3) is 7.23. The van der Waals surface area contributed by atoms with Crippen LogP contribution in [0.15, 0.2) is 114 Å². The molecule has 0 aliphatic carbocycles. The van der Waals surface area contributed by atoms with Gasteiger partial charge in [0.1, 0.15) is 11.5 Å². The van der Waals surface area contributed by atoms with Gasteiger partial charge in [-0.15, -0.1) is 0 Å². The lowest BCUT2D eigenvalue weighted by atomic mass is 9.85. The van der Waals surface area contributed by atoms with Crippen LogP contribution in [0.1, 0.15) is 44.4 Å². The minimum atomic E-state index is -2.31. The molecular weight excluding hydrogens is 666 g/mol. The van der Waals surface area contributed by atoms with Gasteiger partial charge in [-0.1, -0.05) is 60.7 Å². The fourth-order valence-electron chi connectivity index (χ4n) is 6.02. The van der Waals surface area contributed by atoms with E-state index in [1.807, 2.05) is 0 Å². The third-order valence-corrected chi connectivity index (χ3v) is 8.71. The molecule has 0 aliphatic rings. The summed E-state index contributed by atoms with van der Waals surface area (Å²) in [4.78, 5) is 48.8. The molecule has 0 spiro atoms. The zero-order chi connectivity index (χ0) is 36.8. The second-order valence-corrected chi connectivity index (χ2v) is 12.0. The highest BCUT2D eigenvalue weighted by Gasteiger charge is 2.40. The molecule has 4 aromatic carbocycles. The van der Waals surface area contributed by atoms with Crippen molar-refractivity contribution in [3.05, 3.63) is 153 Å². The number of nitrogens with zero attached hydrogens (tertiary/aromatic N) is 2. The van der Waals surface area contributed by atoms with E-state index in [2.05, 4.69) is 25.6 Å². The number of aromatic amines is 1. The number of phenolic OH excluding ortho intramolecular Hbond substituents is 1. The molecule has 6 rings (SSSR count). The Labute approximate surface area is 297 Å². The van der Waals surface area contributed by atoms with Crippen LogP contribution in [-0.2, 0) is 23.5 Å². The zero-order valence-electron chi connectivity index (χ0n) is 27.9. The number of methoxy groups -OCH3 is 1. The number of aromatic hydroxyl groups is 1. The number of aliphatic carboxylic acids is 1. The van der Waals surface area contributed by atoms with Gasteiger partial charge in [-0.3, -0.25) is 19.6 Å². The van der Waals surface area contributed by atoms with E-state index in [1.54, 1.807) is 78.9 Å². The van der Waals surface area contributed by atoms with Crippen molar-refractivity contribution in [3.8, 4) is 22.8 Å². The summed E-state index contributed by atoms with van der Waals surface area (Å²) in [6.45, 7) is 0.450. The number of aromatic nitrogens is 3. The number of pyridine rings is 1. The van der Waals surface area contributed by atoms with E-state index < -0.39 is 23.6 Å². The molecule has 13 heteroatoms. The number of H-pyrrole nitrogens is 1. The Balaban J connectivity index is 1.13. The monoisotopic (exact) mass is 701 g/mol. The molecule has 6 aromatic rings. The van der Waals surface area contributed by atoms with Crippen molar-refractivity contribution in [2.75, 3.05) is 13.7 Å². The number of benzene rings is 4. The van der Waals surface area contributed by atoms with Gasteiger partial charge in [-0.2, -0.15) is 0 Å². The highest BCUT2D eigenvalue weighted by Crippen LogP contribution is 2.33. The normalized spacial score (nSPS) is 12.9. The molecule has 0 aliphatic heterocycles. The molecule has 2 atom stereocenters. The smallest absolute Gasteiger partial charge is 0.345 e. The van der Waals surface area contributed by atoms with Gasteiger partial charge in [0, 0.05) is 59.2 Å². The van der Waals surface area contributed by atoms with Crippen LogP contribution in [0.2, 0.25) is 0 Å². The fraction of sp³-hybridized carbons (Fsp3) is 0.154. The summed E-state index contributed by atoms with van der Waals surface area (Å²) in [5.41, 5.74) is 0.822. The van der Waals surface area contributed by atoms with Crippen LogP contribution >= 0.6 is 0 Å². The predicted molar refractivity (Wildman–Crippen MR) is 192 cm³/mol. The molecule has 13 nitrogen and oxygen atoms in total. The Kier molecular flexibility index (Phi) is 10.4. The molecule has 2 heterocycles. The van der Waals surface area contributed by atoms with Gasteiger partial charge in [-0.05, 0) is 41.5 Å². The first-order valence-electron chi connectivity index (χ1n) is 16.2. The van der Waals surface area contributed by atoms with E-state index in [4.69, 9.17) is 4.74 Å². The van der Waals surface area contributed by atoms with E-state index in [1.165, 1.54) is 37.7 Å². The van der Waals surface area contributed by atoms with Crippen molar-refractivity contribution in [3.63, 3.8) is 0 Å². The Bertz CT molecular complexity index is 2310. The molecule has 52 heavy (non-hydrogen) atoms. The molecule has 2 aromatic heterocycles. The summed E-state index contributed by atoms with van der Waals surface area (Å²) in [5, 5.41) is 49.0. The number of aliphatic hydroxyl groups is 2. The highest BCUT2D eigenvalue weighted by atomic mass is 16.5. The summed E-state index contributed by atoms with van der Waals surface area (Å²) in [6.07, 6.45) is 2.02. The quantitative estimate of drug-likeness (QED) is 0.0923. The Hall–Kier alpha value is -6.41. The van der Waals surface area contributed by atoms with Crippen molar-refractivity contribution in [1.29, 1.82) is 0 Å². The van der Waals surface area contributed by atoms with Crippen molar-refractivity contribution >= 4 is 22.8 Å². The summed E-state index contributed by atoms with van der Waals surface area (Å²) in [5.74, 6) is -1.48. The van der Waals surface area contributed by atoms with Gasteiger partial charge in [0.15, 0.2) is 0 Å². The van der Waals surface area contributed by atoms with Crippen LogP contribution in [-0.4, -0.2) is 60.9 Å². The number of phenols is 1. The van der Waals surface area contributed by atoms with Gasteiger partial charge in [0.25, 0.3) is 5.91 Å². The van der Waals surface area contributed by atoms with Crippen molar-refractivity contribution in [2.45, 2.75) is 24.8 Å². The molecule has 264 valence electrons. The Morgan fingerprint density at radius 2 is 1.67 bits per heavy atom. The molecule has 0 bridgehead atoms. The molecule has 1 amide bonds. The first kappa shape index (κ1) is 35.4. The number of aliphatic hydroxyl groups excluding tert-OH is 1. The number of ether oxygens (including phenoxy) is 1. The first-order valence-corrected chi connectivity index (χ1v) is 16.2. The Morgan fingerprint density at radius 1 is 0.904 bits per heavy atom. The molecular formula is C39H35N5O8. The maximum atomic E-state index is 13.3. The van der Waals surface area contributed by atoms with E-state index in [-0.39, 0.29) is 41.0 Å². The molecule has 0 radical (unpaired) electrons. The van der Waals surface area contributed by atoms with Gasteiger partial charge >= 0.3 is 5.97 Å². The molecule has 0 saturated heterocycles. The second-order valence-electron chi connectivity index (χ2n) is 12.0. The van der Waals surface area contributed by atoms with Crippen LogP contribution < -0.4 is 20.9 Å². The molecule has 0 fully saturated rings. The molecule has 2 unspecified atom stereocenters. The van der Waals surface area contributed by atoms with Crippen molar-refractivity contribution in [2.24, 2.45) is 0 Å². The van der Waals surface area contributed by atoms with E-state index in [0.717, 1.165) is 5.56 Å². The number of carboxylic acid groups (broad SMARTS) is 1. The van der Waals surface area contributed by atoms with E-state index in [0.29, 0.717) is 45.8 Å². The lowest BCUT2D eigenvalue weighted by molar-refractivity contribution is -0.155. The van der Waals surface area contributed by atoms with E-state index >= 15 is 0 Å². The van der Waals surface area contributed by atoms with Crippen LogP contribution in [0, 0.1) is 0 Å².